The SMILES string of the molecule is c1ccc(-c2c3ccccc3c(-c3ccc(-c4cc5c6ccccc6ccc5c5ccccc45)cc3)c3ccccc23)cc1. The molecule has 0 fully saturated rings. The van der Waals surface area contributed by atoms with Gasteiger partial charge in [-0.2, -0.15) is 0 Å². The van der Waals surface area contributed by atoms with E-state index in [1.54, 1.807) is 0 Å². The molecule has 0 unspecified atom stereocenters. The molecular formula is C44H28. The van der Waals surface area contributed by atoms with Gasteiger partial charge in [0.15, 0.2) is 0 Å². The normalized spacial score (nSPS) is 11.6. The second kappa shape index (κ2) is 9.93. The summed E-state index contributed by atoms with van der Waals surface area (Å²) in [5.41, 5.74) is 7.57. The molecule has 0 aliphatic carbocycles. The summed E-state index contributed by atoms with van der Waals surface area (Å²) in [6.07, 6.45) is 0. The maximum absolute atomic E-state index is 2.40. The molecule has 0 bridgehead atoms. The van der Waals surface area contributed by atoms with E-state index in [1.807, 2.05) is 0 Å². The molecule has 0 saturated heterocycles. The van der Waals surface area contributed by atoms with Gasteiger partial charge in [0.2, 0.25) is 0 Å². The number of hydrogen-bond donors (Lipinski definition) is 0. The van der Waals surface area contributed by atoms with Crippen LogP contribution in [-0.2, 0) is 0 Å². The van der Waals surface area contributed by atoms with Gasteiger partial charge >= 0.3 is 0 Å². The molecule has 9 rings (SSSR count). The molecule has 0 heteroatoms. The van der Waals surface area contributed by atoms with E-state index in [0.29, 0.717) is 0 Å². The molecule has 204 valence electrons. The predicted octanol–water partition coefficient (Wildman–Crippen LogP) is 12.5. The number of rotatable bonds is 3. The van der Waals surface area contributed by atoms with Gasteiger partial charge in [-0.15, -0.1) is 0 Å². The zero-order chi connectivity index (χ0) is 29.0. The Bertz CT molecular complexity index is 2460. The second-order valence-electron chi connectivity index (χ2n) is 11.6. The van der Waals surface area contributed by atoms with Crippen LogP contribution in [0.1, 0.15) is 0 Å². The van der Waals surface area contributed by atoms with Crippen LogP contribution in [0.2, 0.25) is 0 Å². The third-order valence-electron chi connectivity index (χ3n) is 9.25. The van der Waals surface area contributed by atoms with E-state index in [-0.39, 0.29) is 0 Å². The number of hydrogen-bond acceptors (Lipinski definition) is 0. The highest BCUT2D eigenvalue weighted by molar-refractivity contribution is 6.22. The van der Waals surface area contributed by atoms with Crippen LogP contribution in [0.3, 0.4) is 0 Å². The smallest absolute Gasteiger partial charge is 0.00264 e. The number of fused-ring (bicyclic) bond motifs is 7. The second-order valence-corrected chi connectivity index (χ2v) is 11.6. The third-order valence-corrected chi connectivity index (χ3v) is 9.25. The molecule has 0 atom stereocenters. The van der Waals surface area contributed by atoms with Crippen LogP contribution in [0.4, 0.5) is 0 Å². The first-order valence-electron chi connectivity index (χ1n) is 15.3. The van der Waals surface area contributed by atoms with Crippen LogP contribution in [-0.4, -0.2) is 0 Å². The van der Waals surface area contributed by atoms with Crippen LogP contribution in [0.15, 0.2) is 170 Å². The van der Waals surface area contributed by atoms with Gasteiger partial charge in [0, 0.05) is 0 Å². The third kappa shape index (κ3) is 3.78. The molecule has 9 aromatic rings. The molecule has 0 saturated carbocycles. The van der Waals surface area contributed by atoms with Crippen LogP contribution in [0, 0.1) is 0 Å². The van der Waals surface area contributed by atoms with Gasteiger partial charge < -0.3 is 0 Å². The lowest BCUT2D eigenvalue weighted by atomic mass is 9.85. The molecule has 0 spiro atoms. The Morgan fingerprint density at radius 3 is 1.27 bits per heavy atom. The highest BCUT2D eigenvalue weighted by atomic mass is 14.2. The van der Waals surface area contributed by atoms with E-state index in [9.17, 15) is 0 Å². The van der Waals surface area contributed by atoms with Gasteiger partial charge in [-0.1, -0.05) is 164 Å². The van der Waals surface area contributed by atoms with Crippen molar-refractivity contribution in [1.82, 2.24) is 0 Å². The topological polar surface area (TPSA) is 0 Å². The van der Waals surface area contributed by atoms with Crippen molar-refractivity contribution < 1.29 is 0 Å². The predicted molar refractivity (Wildman–Crippen MR) is 190 cm³/mol. The molecule has 9 aromatic carbocycles. The largest absolute Gasteiger partial charge is 0.0622 e. The summed E-state index contributed by atoms with van der Waals surface area (Å²) in [6.45, 7) is 0. The monoisotopic (exact) mass is 556 g/mol. The molecule has 0 N–H and O–H groups in total. The molecule has 0 nitrogen and oxygen atoms in total. The van der Waals surface area contributed by atoms with Gasteiger partial charge in [0.1, 0.15) is 0 Å². The lowest BCUT2D eigenvalue weighted by Gasteiger charge is -2.18. The van der Waals surface area contributed by atoms with Crippen molar-refractivity contribution in [3.05, 3.63) is 170 Å². The van der Waals surface area contributed by atoms with Crippen molar-refractivity contribution in [2.45, 2.75) is 0 Å². The van der Waals surface area contributed by atoms with Gasteiger partial charge in [-0.3, -0.25) is 0 Å². The van der Waals surface area contributed by atoms with Gasteiger partial charge in [0.25, 0.3) is 0 Å². The first-order valence-corrected chi connectivity index (χ1v) is 15.3. The molecule has 0 aromatic heterocycles. The van der Waals surface area contributed by atoms with E-state index in [1.165, 1.54) is 87.2 Å². The minimum atomic E-state index is 1.23. The maximum Gasteiger partial charge on any atom is -0.00264 e. The summed E-state index contributed by atoms with van der Waals surface area (Å²) < 4.78 is 0. The van der Waals surface area contributed by atoms with Crippen LogP contribution in [0.5, 0.6) is 0 Å². The fourth-order valence-corrected chi connectivity index (χ4v) is 7.27. The summed E-state index contributed by atoms with van der Waals surface area (Å²) in [5.74, 6) is 0. The summed E-state index contributed by atoms with van der Waals surface area (Å²) in [7, 11) is 0. The number of benzene rings is 9. The molecular weight excluding hydrogens is 528 g/mol. The Balaban J connectivity index is 1.28. The minimum Gasteiger partial charge on any atom is -0.0622 e. The standard InChI is InChI=1S/C44H28/c1-2-13-31(14-3-1)43-37-18-8-10-20-39(37)44(40-21-11-9-19-38(40)43)32-24-22-30(23-25-32)41-28-42-33-15-5-4-12-29(33)26-27-36(42)34-16-6-7-17-35(34)41/h1-28H. The Kier molecular flexibility index (Phi) is 5.61. The highest BCUT2D eigenvalue weighted by Crippen LogP contribution is 2.44. The first-order chi connectivity index (χ1) is 21.8. The molecule has 44 heavy (non-hydrogen) atoms. The van der Waals surface area contributed by atoms with E-state index < -0.39 is 0 Å². The Morgan fingerprint density at radius 2 is 0.659 bits per heavy atom. The van der Waals surface area contributed by atoms with E-state index in [0.717, 1.165) is 0 Å². The Labute approximate surface area is 256 Å². The zero-order valence-electron chi connectivity index (χ0n) is 24.2. The molecule has 0 heterocycles. The fourth-order valence-electron chi connectivity index (χ4n) is 7.27. The van der Waals surface area contributed by atoms with Crippen molar-refractivity contribution >= 4 is 53.9 Å². The van der Waals surface area contributed by atoms with Gasteiger partial charge in [-0.25, -0.2) is 0 Å². The zero-order valence-corrected chi connectivity index (χ0v) is 24.2. The van der Waals surface area contributed by atoms with Crippen molar-refractivity contribution in [2.75, 3.05) is 0 Å². The molecule has 0 aliphatic heterocycles. The molecule has 0 radical (unpaired) electrons. The van der Waals surface area contributed by atoms with E-state index >= 15 is 0 Å². The van der Waals surface area contributed by atoms with Crippen molar-refractivity contribution in [1.29, 1.82) is 0 Å². The van der Waals surface area contributed by atoms with Crippen LogP contribution >= 0.6 is 0 Å². The van der Waals surface area contributed by atoms with Crippen molar-refractivity contribution in [3.63, 3.8) is 0 Å². The maximum atomic E-state index is 2.40. The molecule has 0 aliphatic rings. The highest BCUT2D eigenvalue weighted by Gasteiger charge is 2.17. The van der Waals surface area contributed by atoms with Gasteiger partial charge in [0.05, 0.1) is 0 Å². The average molecular weight is 557 g/mol. The summed E-state index contributed by atoms with van der Waals surface area (Å²) in [6, 6.07) is 62.2. The molecule has 0 amide bonds. The Morgan fingerprint density at radius 1 is 0.227 bits per heavy atom. The quantitative estimate of drug-likeness (QED) is 0.150. The van der Waals surface area contributed by atoms with E-state index in [2.05, 4.69) is 170 Å². The van der Waals surface area contributed by atoms with Crippen LogP contribution in [0.25, 0.3) is 87.2 Å². The average Bonchev–Trinajstić information content (AvgIpc) is 3.10. The summed E-state index contributed by atoms with van der Waals surface area (Å²) in [5, 5.41) is 12.9. The van der Waals surface area contributed by atoms with E-state index in [4.69, 9.17) is 0 Å². The summed E-state index contributed by atoms with van der Waals surface area (Å²) in [4.78, 5) is 0. The minimum absolute atomic E-state index is 1.23. The Hall–Kier alpha value is -5.72. The fraction of sp³-hybridized carbons (Fsp3) is 0. The van der Waals surface area contributed by atoms with Crippen LogP contribution < -0.4 is 0 Å². The summed E-state index contributed by atoms with van der Waals surface area (Å²) >= 11 is 0. The first kappa shape index (κ1) is 24.8. The van der Waals surface area contributed by atoms with Gasteiger partial charge in [-0.05, 0) is 93.3 Å². The lowest BCUT2D eigenvalue weighted by Crippen LogP contribution is -1.91. The lowest BCUT2D eigenvalue weighted by molar-refractivity contribution is 1.64. The van der Waals surface area contributed by atoms with Crippen molar-refractivity contribution in [3.8, 4) is 33.4 Å². The van der Waals surface area contributed by atoms with Crippen molar-refractivity contribution in [2.24, 2.45) is 0 Å².